The molecule has 0 atom stereocenters. The van der Waals surface area contributed by atoms with Gasteiger partial charge in [0.2, 0.25) is 11.8 Å². The van der Waals surface area contributed by atoms with Crippen LogP contribution in [0.2, 0.25) is 10.0 Å². The van der Waals surface area contributed by atoms with Crippen LogP contribution in [-0.2, 0) is 21.2 Å². The average Bonchev–Trinajstić information content (AvgIpc) is 3.00. The number of aliphatic carboxylic acids is 1. The molecule has 2 fully saturated rings. The molecule has 2 aliphatic heterocycles. The Hall–Kier alpha value is -3.03. The monoisotopic (exact) mass is 706 g/mol. The molecule has 4 rings (SSSR count). The molecular weight excluding hydrogens is 663 g/mol. The summed E-state index contributed by atoms with van der Waals surface area (Å²) in [5.74, 6) is 1.30. The number of benzene rings is 1. The molecule has 1 N–H and O–H groups in total. The van der Waals surface area contributed by atoms with Gasteiger partial charge in [0.15, 0.2) is 0 Å². The number of carbonyl (C=O) groups is 1. The molecule has 1 aromatic heterocycles. The molecule has 2 saturated heterocycles. The van der Waals surface area contributed by atoms with Crippen LogP contribution in [0.25, 0.3) is 11.3 Å². The Kier molecular flexibility index (Phi) is 13.6. The van der Waals surface area contributed by atoms with Crippen molar-refractivity contribution in [2.45, 2.75) is 45.6 Å². The van der Waals surface area contributed by atoms with E-state index in [0.29, 0.717) is 65.3 Å². The van der Waals surface area contributed by atoms with Gasteiger partial charge in [-0.25, -0.2) is 23.4 Å². The lowest BCUT2D eigenvalue weighted by Gasteiger charge is -2.35. The fraction of sp³-hybridized carbons (Fsp3) is 0.515. The number of rotatable bonds is 13. The summed E-state index contributed by atoms with van der Waals surface area (Å²) in [6.45, 7) is 11.7. The number of pyridine rings is 1. The van der Waals surface area contributed by atoms with Gasteiger partial charge in [-0.2, -0.15) is 0 Å². The molecule has 0 aliphatic carbocycles. The summed E-state index contributed by atoms with van der Waals surface area (Å²) in [6.07, 6.45) is 6.36. The Morgan fingerprint density at radius 2 is 1.74 bits per heavy atom. The Bertz CT molecular complexity index is 1550. The number of aliphatic imine (C=N–C) groups is 2. The molecule has 1 aromatic carbocycles. The molecule has 0 spiro atoms. The second-order valence-electron chi connectivity index (χ2n) is 12.3. The molecule has 47 heavy (non-hydrogen) atoms. The minimum absolute atomic E-state index is 0.194. The van der Waals surface area contributed by atoms with E-state index in [9.17, 15) is 13.2 Å². The number of guanidine groups is 1. The summed E-state index contributed by atoms with van der Waals surface area (Å²) in [7, 11) is -2.96. The van der Waals surface area contributed by atoms with E-state index in [4.69, 9.17) is 38.0 Å². The van der Waals surface area contributed by atoms with E-state index in [1.807, 2.05) is 24.3 Å². The van der Waals surface area contributed by atoms with Gasteiger partial charge in [-0.3, -0.25) is 14.6 Å². The second kappa shape index (κ2) is 17.4. The number of ether oxygens (including phenoxy) is 1. The largest absolute Gasteiger partial charge is 0.481 e. The van der Waals surface area contributed by atoms with Crippen LogP contribution in [0.4, 0.5) is 0 Å². The molecule has 0 amide bonds. The number of piperazine rings is 1. The molecule has 2 aromatic rings. The predicted molar refractivity (Wildman–Crippen MR) is 188 cm³/mol. The van der Waals surface area contributed by atoms with Crippen molar-refractivity contribution in [2.75, 3.05) is 57.8 Å². The first-order chi connectivity index (χ1) is 22.4. The van der Waals surface area contributed by atoms with Crippen LogP contribution in [0.3, 0.4) is 0 Å². The third kappa shape index (κ3) is 12.5. The Morgan fingerprint density at radius 1 is 1.06 bits per heavy atom. The number of halogens is 2. The number of carboxylic acids is 1. The van der Waals surface area contributed by atoms with Crippen LogP contribution in [0.15, 0.2) is 52.3 Å². The van der Waals surface area contributed by atoms with Crippen LogP contribution in [-0.4, -0.2) is 110 Å². The average molecular weight is 708 g/mol. The van der Waals surface area contributed by atoms with E-state index >= 15 is 0 Å². The van der Waals surface area contributed by atoms with Crippen LogP contribution in [0.1, 0.15) is 44.6 Å². The van der Waals surface area contributed by atoms with Gasteiger partial charge in [-0.05, 0) is 94.7 Å². The Morgan fingerprint density at radius 3 is 2.36 bits per heavy atom. The quantitative estimate of drug-likeness (QED) is 0.164. The molecule has 2 aliphatic rings. The third-order valence-electron chi connectivity index (χ3n) is 8.31. The highest BCUT2D eigenvalue weighted by molar-refractivity contribution is 7.90. The van der Waals surface area contributed by atoms with Crippen molar-refractivity contribution in [1.29, 1.82) is 0 Å². The first kappa shape index (κ1) is 36.8. The molecule has 11 nitrogen and oxygen atoms in total. The van der Waals surface area contributed by atoms with Gasteiger partial charge in [0.25, 0.3) is 0 Å². The number of nitrogens with zero attached hydrogens (tertiary/aromatic N) is 6. The van der Waals surface area contributed by atoms with Crippen LogP contribution in [0.5, 0.6) is 5.88 Å². The summed E-state index contributed by atoms with van der Waals surface area (Å²) in [4.78, 5) is 31.1. The maximum Gasteiger partial charge on any atom is 0.303 e. The first-order valence-electron chi connectivity index (χ1n) is 15.8. The van der Waals surface area contributed by atoms with Crippen molar-refractivity contribution in [2.24, 2.45) is 15.9 Å². The number of allylic oxidation sites excluding steroid dienone is 1. The number of likely N-dealkylation sites (tertiary alicyclic amines) is 1. The topological polar surface area (TPSA) is 128 Å². The highest BCUT2D eigenvalue weighted by Crippen LogP contribution is 2.30. The molecule has 0 saturated carbocycles. The van der Waals surface area contributed by atoms with Gasteiger partial charge in [0, 0.05) is 67.1 Å². The van der Waals surface area contributed by atoms with Gasteiger partial charge in [0.1, 0.15) is 15.6 Å². The number of piperidine rings is 1. The smallest absolute Gasteiger partial charge is 0.303 e. The van der Waals surface area contributed by atoms with E-state index < -0.39 is 15.8 Å². The van der Waals surface area contributed by atoms with Crippen molar-refractivity contribution in [3.05, 3.63) is 57.9 Å². The molecule has 0 radical (unpaired) electrons. The summed E-state index contributed by atoms with van der Waals surface area (Å²) in [6, 6.07) is 9.25. The SMILES string of the molecule is C=N/C(=N\C=C(/C)Oc1cc(CN2CCC(CCC(=O)O)CC2)cc(-c2cc(Cl)cc(Cl)c2)n1)N1CCN(CCCS(C)(=O)=O)CC1. The number of hydrogen-bond acceptors (Lipinski definition) is 8. The van der Waals surface area contributed by atoms with E-state index in [2.05, 4.69) is 31.4 Å². The lowest BCUT2D eigenvalue weighted by atomic mass is 9.92. The number of carboxylic acid groups (broad SMARTS) is 1. The summed E-state index contributed by atoms with van der Waals surface area (Å²) in [5.41, 5.74) is 2.47. The highest BCUT2D eigenvalue weighted by Gasteiger charge is 2.22. The third-order valence-corrected chi connectivity index (χ3v) is 9.78. The number of sulfone groups is 1. The van der Waals surface area contributed by atoms with Crippen molar-refractivity contribution in [3.63, 3.8) is 0 Å². The van der Waals surface area contributed by atoms with E-state index in [1.165, 1.54) is 6.26 Å². The molecule has 14 heteroatoms. The lowest BCUT2D eigenvalue weighted by molar-refractivity contribution is -0.137. The standard InChI is InChI=1S/C33H44Cl2N6O5S/c1-24(22-37-33(36-2)41-14-12-39(13-15-41)9-4-16-47(3,44)45)46-31-18-26(17-30(38-31)27-19-28(34)21-29(35)20-27)23-40-10-7-25(8-11-40)5-6-32(42)43/h17-22,25H,2,4-16,23H2,1,3H3,(H,42,43)/b24-22+,37-33+. The van der Waals surface area contributed by atoms with Crippen molar-refractivity contribution >= 4 is 51.7 Å². The second-order valence-corrected chi connectivity index (χ2v) is 15.4. The summed E-state index contributed by atoms with van der Waals surface area (Å²) in [5, 5.41) is 10.1. The van der Waals surface area contributed by atoms with Crippen LogP contribution < -0.4 is 4.74 Å². The molecule has 0 unspecified atom stereocenters. The summed E-state index contributed by atoms with van der Waals surface area (Å²) >= 11 is 12.6. The molecule has 3 heterocycles. The maximum atomic E-state index is 11.4. The lowest BCUT2D eigenvalue weighted by Crippen LogP contribution is -2.48. The summed E-state index contributed by atoms with van der Waals surface area (Å²) < 4.78 is 29.0. The predicted octanol–water partition coefficient (Wildman–Crippen LogP) is 5.48. The van der Waals surface area contributed by atoms with Gasteiger partial charge < -0.3 is 14.7 Å². The fourth-order valence-electron chi connectivity index (χ4n) is 5.86. The zero-order valence-electron chi connectivity index (χ0n) is 27.1. The zero-order valence-corrected chi connectivity index (χ0v) is 29.4. The van der Waals surface area contributed by atoms with E-state index in [1.54, 1.807) is 19.2 Å². The number of aromatic nitrogens is 1. The maximum absolute atomic E-state index is 11.4. The normalized spacial score (nSPS) is 17.6. The fourth-order valence-corrected chi connectivity index (χ4v) is 7.04. The van der Waals surface area contributed by atoms with Gasteiger partial charge in [-0.15, -0.1) is 0 Å². The minimum atomic E-state index is -2.96. The van der Waals surface area contributed by atoms with E-state index in [0.717, 1.165) is 63.1 Å². The van der Waals surface area contributed by atoms with Crippen molar-refractivity contribution in [3.8, 4) is 17.1 Å². The Labute approximate surface area is 287 Å². The first-order valence-corrected chi connectivity index (χ1v) is 18.6. The minimum Gasteiger partial charge on any atom is -0.481 e. The number of hydrogen-bond donors (Lipinski definition) is 1. The van der Waals surface area contributed by atoms with Gasteiger partial charge >= 0.3 is 5.97 Å². The zero-order chi connectivity index (χ0) is 34.0. The Balaban J connectivity index is 1.44. The van der Waals surface area contributed by atoms with Crippen LogP contribution in [0, 0.1) is 5.92 Å². The molecule has 0 bridgehead atoms. The molecular formula is C33H44Cl2N6O5S. The van der Waals surface area contributed by atoms with Gasteiger partial charge in [0.05, 0.1) is 17.6 Å². The van der Waals surface area contributed by atoms with Crippen molar-refractivity contribution < 1.29 is 23.1 Å². The highest BCUT2D eigenvalue weighted by atomic mass is 35.5. The molecule has 256 valence electrons. The van der Waals surface area contributed by atoms with E-state index in [-0.39, 0.29) is 12.2 Å². The van der Waals surface area contributed by atoms with Crippen molar-refractivity contribution in [1.82, 2.24) is 19.7 Å². The van der Waals surface area contributed by atoms with Gasteiger partial charge in [-0.1, -0.05) is 23.2 Å². The van der Waals surface area contributed by atoms with Crippen LogP contribution >= 0.6 is 23.2 Å².